The molecule has 0 unspecified atom stereocenters. The molecule has 0 heterocycles. The summed E-state index contributed by atoms with van der Waals surface area (Å²) in [5, 5.41) is 0. The molecule has 0 saturated carbocycles. The van der Waals surface area contributed by atoms with E-state index in [9.17, 15) is 0 Å². The second kappa shape index (κ2) is 9.05. The van der Waals surface area contributed by atoms with Gasteiger partial charge in [-0.2, -0.15) is 0 Å². The molecule has 4 heteroatoms. The molecule has 0 aromatic rings. The van der Waals surface area contributed by atoms with Crippen molar-refractivity contribution in [2.75, 3.05) is 0 Å². The van der Waals surface area contributed by atoms with Gasteiger partial charge in [-0.15, -0.1) is 0 Å². The van der Waals surface area contributed by atoms with Crippen LogP contribution in [0.15, 0.2) is 0 Å². The van der Waals surface area contributed by atoms with Gasteiger partial charge in [-0.05, 0) is 0 Å². The van der Waals surface area contributed by atoms with Gasteiger partial charge < -0.3 is 1.43 Å². The Morgan fingerprint density at radius 2 is 1.50 bits per heavy atom. The summed E-state index contributed by atoms with van der Waals surface area (Å²) in [6, 6.07) is 0. The molecular formula is HLiNbO2. The molecule has 2 nitrogen and oxygen atoms in total. The zero-order valence-electron chi connectivity index (χ0n) is 3.26. The molecule has 0 aromatic carbocycles. The Kier molecular flexibility index (Phi) is 20.1. The fraction of sp³-hybridized carbons (Fsp3) is 0. The average molecular weight is 133 g/mol. The van der Waals surface area contributed by atoms with E-state index in [1.165, 1.54) is 0 Å². The van der Waals surface area contributed by atoms with Crippen LogP contribution in [0.5, 0.6) is 0 Å². The van der Waals surface area contributed by atoms with Crippen molar-refractivity contribution in [3.05, 3.63) is 0 Å². The molecule has 0 spiro atoms. The summed E-state index contributed by atoms with van der Waals surface area (Å²) in [4.78, 5) is 0. The van der Waals surface area contributed by atoms with Crippen LogP contribution in [0.25, 0.3) is 0 Å². The summed E-state index contributed by atoms with van der Waals surface area (Å²) < 4.78 is 17.0. The van der Waals surface area contributed by atoms with Crippen LogP contribution in [0.4, 0.5) is 0 Å². The van der Waals surface area contributed by atoms with Gasteiger partial charge in [-0.25, -0.2) is 0 Å². The number of hydrogen-bond acceptors (Lipinski definition) is 2. The molecule has 0 bridgehead atoms. The van der Waals surface area contributed by atoms with E-state index in [2.05, 4.69) is 0 Å². The van der Waals surface area contributed by atoms with Gasteiger partial charge in [0.05, 0.1) is 0 Å². The summed E-state index contributed by atoms with van der Waals surface area (Å²) in [7, 11) is 0. The molecule has 19 valence electrons. The second-order valence-corrected chi connectivity index (χ2v) is 0.441. The zero-order valence-corrected chi connectivity index (χ0v) is 4.46. The molecule has 0 aromatic heterocycles. The van der Waals surface area contributed by atoms with Crippen LogP contribution < -0.4 is 18.9 Å². The van der Waals surface area contributed by atoms with Crippen LogP contribution in [-0.4, -0.2) is 0 Å². The van der Waals surface area contributed by atoms with E-state index in [-0.39, 0.29) is 20.3 Å². The van der Waals surface area contributed by atoms with Crippen molar-refractivity contribution in [3.63, 3.8) is 0 Å². The SMILES string of the molecule is [H-].[Li+].[O]=[Nb]=[O]. The van der Waals surface area contributed by atoms with Gasteiger partial charge in [0.2, 0.25) is 0 Å². The molecule has 0 fully saturated rings. The molecule has 0 saturated heterocycles. The zero-order chi connectivity index (χ0) is 2.71. The van der Waals surface area contributed by atoms with Gasteiger partial charge in [-0.3, -0.25) is 0 Å². The molecule has 0 aliphatic heterocycles. The van der Waals surface area contributed by atoms with E-state index in [1.807, 2.05) is 0 Å². The average Bonchev–Trinajstić information content (AvgIpc) is 0.918. The van der Waals surface area contributed by atoms with Gasteiger partial charge >= 0.3 is 45.1 Å². The van der Waals surface area contributed by atoms with Crippen molar-refractivity contribution in [2.24, 2.45) is 0 Å². The molecule has 0 radical (unpaired) electrons. The fourth-order valence-electron chi connectivity index (χ4n) is 0. The Morgan fingerprint density at radius 1 is 1.50 bits per heavy atom. The monoisotopic (exact) mass is 133 g/mol. The predicted octanol–water partition coefficient (Wildman–Crippen LogP) is -3.12. The third-order valence-electron chi connectivity index (χ3n) is 0. The van der Waals surface area contributed by atoms with Crippen molar-refractivity contribution in [1.82, 2.24) is 0 Å². The van der Waals surface area contributed by atoms with E-state index in [0.717, 1.165) is 0 Å². The molecule has 0 amide bonds. The maximum atomic E-state index is 8.52. The summed E-state index contributed by atoms with van der Waals surface area (Å²) in [6.45, 7) is 0. The van der Waals surface area contributed by atoms with Gasteiger partial charge in [0.15, 0.2) is 0 Å². The molecule has 0 rings (SSSR count). The standard InChI is InChI=1S/Li.Nb.2O.H/q+1;;;;-1. The van der Waals surface area contributed by atoms with Crippen LogP contribution in [0, 0.1) is 0 Å². The molecule has 0 aliphatic rings. The van der Waals surface area contributed by atoms with E-state index in [4.69, 9.17) is 6.50 Å². The number of rotatable bonds is 0. The van der Waals surface area contributed by atoms with E-state index in [0.29, 0.717) is 0 Å². The minimum absolute atomic E-state index is 0. The third-order valence-corrected chi connectivity index (χ3v) is 0. The van der Waals surface area contributed by atoms with Crippen LogP contribution >= 0.6 is 0 Å². The minimum atomic E-state index is -2.15. The van der Waals surface area contributed by atoms with E-state index >= 15 is 0 Å². The van der Waals surface area contributed by atoms with Gasteiger partial charge in [0, 0.05) is 0 Å². The first-order valence-corrected chi connectivity index (χ1v) is 2.16. The summed E-state index contributed by atoms with van der Waals surface area (Å²) >= 11 is -2.15. The molecular weight excluding hydrogens is 132 g/mol. The van der Waals surface area contributed by atoms with Gasteiger partial charge in [-0.1, -0.05) is 0 Å². The maximum absolute atomic E-state index is 8.52. The van der Waals surface area contributed by atoms with Crippen molar-refractivity contribution in [3.8, 4) is 0 Å². The predicted molar refractivity (Wildman–Crippen MR) is 2.49 cm³/mol. The topological polar surface area (TPSA) is 34.1 Å². The van der Waals surface area contributed by atoms with Gasteiger partial charge in [0.25, 0.3) is 0 Å². The van der Waals surface area contributed by atoms with Crippen molar-refractivity contribution in [2.45, 2.75) is 0 Å². The Bertz CT molecular complexity index is 30.6. The van der Waals surface area contributed by atoms with Crippen LogP contribution in [0.3, 0.4) is 0 Å². The molecule has 0 atom stereocenters. The fourth-order valence-corrected chi connectivity index (χ4v) is 0. The number of hydrogen-bond donors (Lipinski definition) is 0. The first-order valence-electron chi connectivity index (χ1n) is 0.365. The van der Waals surface area contributed by atoms with E-state index < -0.39 is 19.7 Å². The van der Waals surface area contributed by atoms with Crippen LogP contribution in [-0.2, 0) is 26.2 Å². The Balaban J connectivity index is -0.0000000200. The van der Waals surface area contributed by atoms with Crippen molar-refractivity contribution < 1.29 is 46.5 Å². The summed E-state index contributed by atoms with van der Waals surface area (Å²) in [5.74, 6) is 0. The second-order valence-electron chi connectivity index (χ2n) is 0.0745. The molecule has 0 aliphatic carbocycles. The first-order chi connectivity index (χ1) is 1.41. The van der Waals surface area contributed by atoms with Crippen molar-refractivity contribution >= 4 is 0 Å². The first kappa shape index (κ1) is 8.87. The third kappa shape index (κ3) is 12.5. The summed E-state index contributed by atoms with van der Waals surface area (Å²) in [5.41, 5.74) is 0. The Labute approximate surface area is 46.6 Å². The van der Waals surface area contributed by atoms with Crippen LogP contribution in [0.2, 0.25) is 0 Å². The van der Waals surface area contributed by atoms with Crippen LogP contribution in [0.1, 0.15) is 1.43 Å². The normalized spacial score (nSPS) is 2.00. The molecule has 0 N–H and O–H groups in total. The Morgan fingerprint density at radius 3 is 1.50 bits per heavy atom. The summed E-state index contributed by atoms with van der Waals surface area (Å²) in [6.07, 6.45) is 0. The van der Waals surface area contributed by atoms with E-state index in [1.54, 1.807) is 0 Å². The van der Waals surface area contributed by atoms with Crippen molar-refractivity contribution in [1.29, 1.82) is 0 Å². The van der Waals surface area contributed by atoms with Gasteiger partial charge in [0.1, 0.15) is 0 Å². The molecule has 4 heavy (non-hydrogen) atoms. The Hall–Kier alpha value is 0.938. The quantitative estimate of drug-likeness (QED) is 0.327.